The topological polar surface area (TPSA) is 86.8 Å². The Morgan fingerprint density at radius 2 is 1.65 bits per heavy atom. The Hall–Kier alpha value is -3.36. The van der Waals surface area contributed by atoms with Crippen LogP contribution in [-0.2, 0) is 26.2 Å². The van der Waals surface area contributed by atoms with Gasteiger partial charge in [-0.05, 0) is 62.6 Å². The molecule has 9 heteroatoms. The second-order valence-electron chi connectivity index (χ2n) is 10.3. The van der Waals surface area contributed by atoms with Crippen LogP contribution in [0, 0.1) is 6.92 Å². The fourth-order valence-electron chi connectivity index (χ4n) is 5.04. The lowest BCUT2D eigenvalue weighted by Crippen LogP contribution is -2.53. The number of carbonyl (C=O) groups excluding carboxylic acids is 2. The SMILES string of the molecule is Cc1cccc(CN(C(=O)CN(c2cccc(Cl)c2)S(=O)(=O)c2ccccc2)C(C)C(=O)NC2CCCCC2)c1. The Bertz CT molecular complexity index is 1430. The number of nitrogens with one attached hydrogen (secondary N) is 1. The lowest BCUT2D eigenvalue weighted by Gasteiger charge is -2.33. The van der Waals surface area contributed by atoms with Gasteiger partial charge in [0.05, 0.1) is 10.6 Å². The molecule has 1 saturated carbocycles. The van der Waals surface area contributed by atoms with Gasteiger partial charge in [-0.3, -0.25) is 13.9 Å². The number of anilines is 1. The molecule has 0 spiro atoms. The van der Waals surface area contributed by atoms with Gasteiger partial charge in [0.15, 0.2) is 0 Å². The predicted octanol–water partition coefficient (Wildman–Crippen LogP) is 5.71. The van der Waals surface area contributed by atoms with Crippen LogP contribution in [0.5, 0.6) is 0 Å². The highest BCUT2D eigenvalue weighted by Crippen LogP contribution is 2.27. The molecule has 0 heterocycles. The van der Waals surface area contributed by atoms with Gasteiger partial charge in [-0.25, -0.2) is 8.42 Å². The average Bonchev–Trinajstić information content (AvgIpc) is 2.95. The molecule has 0 bridgehead atoms. The zero-order valence-corrected chi connectivity index (χ0v) is 24.5. The van der Waals surface area contributed by atoms with Gasteiger partial charge in [0.1, 0.15) is 12.6 Å². The summed E-state index contributed by atoms with van der Waals surface area (Å²) in [5, 5.41) is 3.46. The zero-order valence-electron chi connectivity index (χ0n) is 22.9. The van der Waals surface area contributed by atoms with E-state index in [0.29, 0.717) is 5.02 Å². The van der Waals surface area contributed by atoms with E-state index in [9.17, 15) is 18.0 Å². The molecule has 3 aromatic carbocycles. The first-order chi connectivity index (χ1) is 19.1. The maximum Gasteiger partial charge on any atom is 0.264 e. The summed E-state index contributed by atoms with van der Waals surface area (Å²) in [4.78, 5) is 28.9. The molecule has 4 rings (SSSR count). The van der Waals surface area contributed by atoms with Crippen molar-refractivity contribution in [2.75, 3.05) is 10.8 Å². The van der Waals surface area contributed by atoms with Crippen LogP contribution in [0.1, 0.15) is 50.2 Å². The number of rotatable bonds is 10. The van der Waals surface area contributed by atoms with Crippen LogP contribution in [0.2, 0.25) is 5.02 Å². The van der Waals surface area contributed by atoms with Gasteiger partial charge < -0.3 is 10.2 Å². The van der Waals surface area contributed by atoms with E-state index in [1.165, 1.54) is 23.1 Å². The van der Waals surface area contributed by atoms with Crippen LogP contribution in [0.25, 0.3) is 0 Å². The molecule has 40 heavy (non-hydrogen) atoms. The van der Waals surface area contributed by atoms with Crippen molar-refractivity contribution in [2.45, 2.75) is 69.5 Å². The van der Waals surface area contributed by atoms with Gasteiger partial charge in [0.2, 0.25) is 11.8 Å². The highest BCUT2D eigenvalue weighted by atomic mass is 35.5. The number of halogens is 1. The largest absolute Gasteiger partial charge is 0.352 e. The molecule has 0 saturated heterocycles. The monoisotopic (exact) mass is 581 g/mol. The number of sulfonamides is 1. The van der Waals surface area contributed by atoms with Crippen molar-refractivity contribution in [3.05, 3.63) is 95.0 Å². The summed E-state index contributed by atoms with van der Waals surface area (Å²) >= 11 is 6.22. The Kier molecular flexibility index (Phi) is 9.87. The number of hydrogen-bond acceptors (Lipinski definition) is 4. The maximum absolute atomic E-state index is 14.0. The van der Waals surface area contributed by atoms with Crippen molar-refractivity contribution in [2.24, 2.45) is 0 Å². The Labute approximate surface area is 242 Å². The summed E-state index contributed by atoms with van der Waals surface area (Å²) in [6, 6.07) is 21.4. The van der Waals surface area contributed by atoms with Gasteiger partial charge in [0, 0.05) is 17.6 Å². The molecule has 1 unspecified atom stereocenters. The molecular weight excluding hydrogens is 546 g/mol. The average molecular weight is 582 g/mol. The summed E-state index contributed by atoms with van der Waals surface area (Å²) in [6.07, 6.45) is 5.13. The number of benzene rings is 3. The molecule has 1 N–H and O–H groups in total. The van der Waals surface area contributed by atoms with Crippen LogP contribution in [-0.4, -0.2) is 43.8 Å². The molecule has 7 nitrogen and oxygen atoms in total. The fourth-order valence-corrected chi connectivity index (χ4v) is 6.65. The van der Waals surface area contributed by atoms with Crippen molar-refractivity contribution in [3.8, 4) is 0 Å². The molecular formula is C31H36ClN3O4S. The number of nitrogens with zero attached hydrogens (tertiary/aromatic N) is 2. The lowest BCUT2D eigenvalue weighted by molar-refractivity contribution is -0.139. The minimum atomic E-state index is -4.12. The Balaban J connectivity index is 1.67. The molecule has 0 radical (unpaired) electrons. The van der Waals surface area contributed by atoms with Crippen molar-refractivity contribution >= 4 is 39.1 Å². The van der Waals surface area contributed by atoms with Gasteiger partial charge >= 0.3 is 0 Å². The third kappa shape index (κ3) is 7.43. The smallest absolute Gasteiger partial charge is 0.264 e. The predicted molar refractivity (Wildman–Crippen MR) is 159 cm³/mol. The summed E-state index contributed by atoms with van der Waals surface area (Å²) in [7, 11) is -4.12. The summed E-state index contributed by atoms with van der Waals surface area (Å²) < 4.78 is 28.7. The minimum absolute atomic E-state index is 0.0519. The van der Waals surface area contributed by atoms with E-state index in [4.69, 9.17) is 11.6 Å². The van der Waals surface area contributed by atoms with Crippen molar-refractivity contribution in [3.63, 3.8) is 0 Å². The highest BCUT2D eigenvalue weighted by Gasteiger charge is 2.33. The molecule has 1 atom stereocenters. The zero-order chi connectivity index (χ0) is 28.7. The van der Waals surface area contributed by atoms with Crippen molar-refractivity contribution in [1.29, 1.82) is 0 Å². The molecule has 0 aromatic heterocycles. The van der Waals surface area contributed by atoms with Crippen LogP contribution in [0.3, 0.4) is 0 Å². The van der Waals surface area contributed by atoms with Crippen LogP contribution < -0.4 is 9.62 Å². The normalized spacial score (nSPS) is 14.8. The lowest BCUT2D eigenvalue weighted by atomic mass is 9.95. The van der Waals surface area contributed by atoms with Crippen LogP contribution in [0.15, 0.2) is 83.8 Å². The quantitative estimate of drug-likeness (QED) is 0.332. The summed E-state index contributed by atoms with van der Waals surface area (Å²) in [6.45, 7) is 3.32. The molecule has 1 fully saturated rings. The first-order valence-electron chi connectivity index (χ1n) is 13.6. The standard InChI is InChI=1S/C31H36ClN3O4S/c1-23-11-9-12-25(19-23)21-34(24(2)31(37)33-27-14-5-3-6-15-27)30(36)22-35(28-16-10-13-26(32)20-28)40(38,39)29-17-7-4-8-18-29/h4,7-13,16-20,24,27H,3,5-6,14-15,21-22H2,1-2H3,(H,33,37). The third-order valence-electron chi connectivity index (χ3n) is 7.26. The fraction of sp³-hybridized carbons (Fsp3) is 0.355. The summed E-state index contributed by atoms with van der Waals surface area (Å²) in [5.74, 6) is -0.736. The molecule has 1 aliphatic rings. The minimum Gasteiger partial charge on any atom is -0.352 e. The second-order valence-corrected chi connectivity index (χ2v) is 12.6. The first kappa shape index (κ1) is 29.6. The van der Waals surface area contributed by atoms with E-state index >= 15 is 0 Å². The van der Waals surface area contributed by atoms with Crippen LogP contribution >= 0.6 is 11.6 Å². The van der Waals surface area contributed by atoms with Gasteiger partial charge in [-0.2, -0.15) is 0 Å². The number of carbonyl (C=O) groups is 2. The Morgan fingerprint density at radius 3 is 2.33 bits per heavy atom. The third-order valence-corrected chi connectivity index (χ3v) is 9.28. The first-order valence-corrected chi connectivity index (χ1v) is 15.5. The molecule has 2 amide bonds. The van der Waals surface area contributed by atoms with E-state index in [0.717, 1.165) is 47.5 Å². The Morgan fingerprint density at radius 1 is 0.950 bits per heavy atom. The van der Waals surface area contributed by atoms with Gasteiger partial charge in [-0.1, -0.05) is 85.0 Å². The molecule has 212 valence electrons. The van der Waals surface area contributed by atoms with E-state index < -0.39 is 28.5 Å². The van der Waals surface area contributed by atoms with E-state index in [1.807, 2.05) is 31.2 Å². The molecule has 3 aromatic rings. The summed E-state index contributed by atoms with van der Waals surface area (Å²) in [5.41, 5.74) is 2.14. The molecule has 0 aliphatic heterocycles. The number of aryl methyl sites for hydroxylation is 1. The maximum atomic E-state index is 14.0. The van der Waals surface area contributed by atoms with E-state index in [1.54, 1.807) is 43.3 Å². The van der Waals surface area contributed by atoms with Gasteiger partial charge in [0.25, 0.3) is 10.0 Å². The van der Waals surface area contributed by atoms with E-state index in [-0.39, 0.29) is 29.1 Å². The molecule has 1 aliphatic carbocycles. The van der Waals surface area contributed by atoms with Crippen LogP contribution in [0.4, 0.5) is 5.69 Å². The highest BCUT2D eigenvalue weighted by molar-refractivity contribution is 7.92. The second kappa shape index (κ2) is 13.3. The van der Waals surface area contributed by atoms with Crippen molar-refractivity contribution < 1.29 is 18.0 Å². The van der Waals surface area contributed by atoms with Crippen molar-refractivity contribution in [1.82, 2.24) is 10.2 Å². The number of amides is 2. The van der Waals surface area contributed by atoms with Gasteiger partial charge in [-0.15, -0.1) is 0 Å². The van der Waals surface area contributed by atoms with E-state index in [2.05, 4.69) is 5.32 Å². The number of hydrogen-bond donors (Lipinski definition) is 1.